The minimum atomic E-state index is -0.626. The second-order valence-corrected chi connectivity index (χ2v) is 6.03. The summed E-state index contributed by atoms with van der Waals surface area (Å²) in [5.74, 6) is -0.838. The van der Waals surface area contributed by atoms with Crippen LogP contribution in [0.2, 0.25) is 0 Å². The molecule has 0 aromatic heterocycles. The van der Waals surface area contributed by atoms with Gasteiger partial charge in [-0.2, -0.15) is 0 Å². The van der Waals surface area contributed by atoms with Gasteiger partial charge in [-0.25, -0.2) is 0 Å². The Balaban J connectivity index is 2.11. The quantitative estimate of drug-likeness (QED) is 0.418. The lowest BCUT2D eigenvalue weighted by Gasteiger charge is -2.42. The molecule has 2 aromatic carbocycles. The van der Waals surface area contributed by atoms with Gasteiger partial charge in [0, 0.05) is 19.4 Å². The molecule has 0 aliphatic rings. The van der Waals surface area contributed by atoms with Gasteiger partial charge in [0.15, 0.2) is 0 Å². The van der Waals surface area contributed by atoms with Crippen molar-refractivity contribution in [1.29, 1.82) is 0 Å². The number of carbonyl (C=O) groups is 2. The first-order valence-electron chi connectivity index (χ1n) is 8.19. The van der Waals surface area contributed by atoms with Gasteiger partial charge in [0.25, 0.3) is 0 Å². The third-order valence-electron chi connectivity index (χ3n) is 3.89. The van der Waals surface area contributed by atoms with E-state index in [1.807, 2.05) is 42.5 Å². The first kappa shape index (κ1) is 18.9. The SMILES string of the molecule is CC(=O)OCC[N+]([O-])(CCOC(C)=O)Cc1ccc2ccccc2c1. The fraction of sp³-hybridized carbons (Fsp3) is 0.368. The zero-order valence-electron chi connectivity index (χ0n) is 14.6. The second kappa shape index (κ2) is 8.60. The maximum absolute atomic E-state index is 13.1. The molecule has 0 N–H and O–H groups in total. The number of ether oxygens (including phenoxy) is 2. The van der Waals surface area contributed by atoms with Gasteiger partial charge >= 0.3 is 11.9 Å². The Morgan fingerprint density at radius 1 is 0.920 bits per heavy atom. The molecule has 0 amide bonds. The van der Waals surface area contributed by atoms with Gasteiger partial charge in [0.05, 0.1) is 0 Å². The molecule has 0 aliphatic carbocycles. The summed E-state index contributed by atoms with van der Waals surface area (Å²) in [7, 11) is 0. The fourth-order valence-corrected chi connectivity index (χ4v) is 2.65. The number of carbonyl (C=O) groups excluding carboxylic acids is 2. The summed E-state index contributed by atoms with van der Waals surface area (Å²) in [4.78, 5) is 21.9. The zero-order valence-corrected chi connectivity index (χ0v) is 14.6. The Labute approximate surface area is 147 Å². The van der Waals surface area contributed by atoms with Crippen LogP contribution in [0.1, 0.15) is 19.4 Å². The highest BCUT2D eigenvalue weighted by atomic mass is 16.6. The molecule has 0 heterocycles. The van der Waals surface area contributed by atoms with Crippen LogP contribution in [0.3, 0.4) is 0 Å². The van der Waals surface area contributed by atoms with Crippen molar-refractivity contribution in [3.05, 3.63) is 53.2 Å². The van der Waals surface area contributed by atoms with Gasteiger partial charge in [0.2, 0.25) is 0 Å². The van der Waals surface area contributed by atoms with E-state index < -0.39 is 16.6 Å². The molecular weight excluding hydrogens is 322 g/mol. The summed E-state index contributed by atoms with van der Waals surface area (Å²) in [6, 6.07) is 13.8. The molecule has 0 aliphatic heterocycles. The van der Waals surface area contributed by atoms with Crippen LogP contribution in [0.15, 0.2) is 42.5 Å². The van der Waals surface area contributed by atoms with Crippen molar-refractivity contribution in [2.75, 3.05) is 26.3 Å². The van der Waals surface area contributed by atoms with Crippen LogP contribution in [-0.2, 0) is 25.6 Å². The summed E-state index contributed by atoms with van der Waals surface area (Å²) < 4.78 is 9.20. The lowest BCUT2D eigenvalue weighted by Crippen LogP contribution is -2.46. The number of quaternary nitrogens is 1. The average molecular weight is 345 g/mol. The summed E-state index contributed by atoms with van der Waals surface area (Å²) in [6.07, 6.45) is 0. The highest BCUT2D eigenvalue weighted by Gasteiger charge is 2.19. The van der Waals surface area contributed by atoms with Gasteiger partial charge < -0.3 is 19.3 Å². The standard InChI is InChI=1S/C19H23NO5/c1-15(21)24-11-9-20(23,10-12-25-16(2)22)14-17-7-8-18-5-3-4-6-19(18)13-17/h3-8,13H,9-12,14H2,1-2H3. The maximum atomic E-state index is 13.1. The molecule has 0 spiro atoms. The Morgan fingerprint density at radius 2 is 1.48 bits per heavy atom. The summed E-state index contributed by atoms with van der Waals surface area (Å²) >= 11 is 0. The lowest BCUT2D eigenvalue weighted by molar-refractivity contribution is -0.894. The summed E-state index contributed by atoms with van der Waals surface area (Å²) in [6.45, 7) is 3.11. The minimum Gasteiger partial charge on any atom is -0.632 e. The minimum absolute atomic E-state index is 0.0342. The van der Waals surface area contributed by atoms with E-state index in [1.165, 1.54) is 13.8 Å². The molecule has 0 radical (unpaired) electrons. The molecule has 25 heavy (non-hydrogen) atoms. The molecule has 0 bridgehead atoms. The third-order valence-corrected chi connectivity index (χ3v) is 3.89. The smallest absolute Gasteiger partial charge is 0.302 e. The highest BCUT2D eigenvalue weighted by molar-refractivity contribution is 5.82. The fourth-order valence-electron chi connectivity index (χ4n) is 2.65. The molecule has 0 saturated heterocycles. The Hall–Kier alpha value is -2.44. The Morgan fingerprint density at radius 3 is 2.04 bits per heavy atom. The van der Waals surface area contributed by atoms with Crippen LogP contribution in [0.5, 0.6) is 0 Å². The van der Waals surface area contributed by atoms with Crippen LogP contribution < -0.4 is 0 Å². The van der Waals surface area contributed by atoms with Gasteiger partial charge in [-0.15, -0.1) is 0 Å². The number of rotatable bonds is 8. The number of nitrogens with zero attached hydrogens (tertiary/aromatic N) is 1. The van der Waals surface area contributed by atoms with Crippen molar-refractivity contribution >= 4 is 22.7 Å². The zero-order chi connectivity index (χ0) is 18.3. The van der Waals surface area contributed by atoms with E-state index >= 15 is 0 Å². The molecule has 0 unspecified atom stereocenters. The van der Waals surface area contributed by atoms with E-state index in [-0.39, 0.29) is 32.8 Å². The van der Waals surface area contributed by atoms with Crippen LogP contribution in [-0.4, -0.2) is 42.9 Å². The lowest BCUT2D eigenvalue weighted by atomic mass is 10.1. The van der Waals surface area contributed by atoms with E-state index in [0.29, 0.717) is 0 Å². The number of hydrogen-bond donors (Lipinski definition) is 0. The first-order valence-corrected chi connectivity index (χ1v) is 8.19. The Bertz CT molecular complexity index is 723. The topological polar surface area (TPSA) is 75.7 Å². The van der Waals surface area contributed by atoms with Crippen molar-refractivity contribution in [2.45, 2.75) is 20.4 Å². The van der Waals surface area contributed by atoms with Crippen molar-refractivity contribution < 1.29 is 23.7 Å². The van der Waals surface area contributed by atoms with Crippen LogP contribution in [0, 0.1) is 5.21 Å². The van der Waals surface area contributed by atoms with Crippen molar-refractivity contribution in [3.8, 4) is 0 Å². The van der Waals surface area contributed by atoms with Gasteiger partial charge in [0.1, 0.15) is 32.8 Å². The van der Waals surface area contributed by atoms with Crippen LogP contribution in [0.25, 0.3) is 10.8 Å². The molecule has 134 valence electrons. The molecular formula is C19H23NO5. The average Bonchev–Trinajstić information content (AvgIpc) is 2.54. The Kier molecular flexibility index (Phi) is 6.50. The van der Waals surface area contributed by atoms with Crippen molar-refractivity contribution in [3.63, 3.8) is 0 Å². The van der Waals surface area contributed by atoms with Gasteiger partial charge in [-0.3, -0.25) is 9.59 Å². The van der Waals surface area contributed by atoms with E-state index in [1.54, 1.807) is 0 Å². The predicted molar refractivity (Wildman–Crippen MR) is 94.3 cm³/mol. The number of hydroxylamine groups is 3. The largest absolute Gasteiger partial charge is 0.632 e. The van der Waals surface area contributed by atoms with Crippen LogP contribution >= 0.6 is 0 Å². The normalized spacial score (nSPS) is 11.3. The highest BCUT2D eigenvalue weighted by Crippen LogP contribution is 2.19. The maximum Gasteiger partial charge on any atom is 0.302 e. The van der Waals surface area contributed by atoms with E-state index in [9.17, 15) is 14.8 Å². The summed E-state index contributed by atoms with van der Waals surface area (Å²) in [5, 5.41) is 15.3. The third kappa shape index (κ3) is 6.17. The molecule has 0 fully saturated rings. The first-order chi connectivity index (χ1) is 11.9. The van der Waals surface area contributed by atoms with E-state index in [2.05, 4.69) is 0 Å². The molecule has 6 heteroatoms. The molecule has 6 nitrogen and oxygen atoms in total. The van der Waals surface area contributed by atoms with Crippen molar-refractivity contribution in [1.82, 2.24) is 0 Å². The van der Waals surface area contributed by atoms with E-state index in [4.69, 9.17) is 9.47 Å². The molecule has 2 rings (SSSR count). The number of hydrogen-bond acceptors (Lipinski definition) is 5. The molecule has 2 aromatic rings. The van der Waals surface area contributed by atoms with Gasteiger partial charge in [-0.1, -0.05) is 36.4 Å². The number of esters is 2. The number of benzene rings is 2. The van der Waals surface area contributed by atoms with Gasteiger partial charge in [-0.05, 0) is 16.8 Å². The van der Waals surface area contributed by atoms with E-state index in [0.717, 1.165) is 16.3 Å². The predicted octanol–water partition coefficient (Wildman–Crippen LogP) is 2.78. The monoisotopic (exact) mass is 345 g/mol. The molecule has 0 atom stereocenters. The number of fused-ring (bicyclic) bond motifs is 1. The second-order valence-electron chi connectivity index (χ2n) is 6.03. The van der Waals surface area contributed by atoms with Crippen LogP contribution in [0.4, 0.5) is 0 Å². The van der Waals surface area contributed by atoms with Crippen molar-refractivity contribution in [2.24, 2.45) is 0 Å². The molecule has 0 saturated carbocycles. The summed E-state index contributed by atoms with van der Waals surface area (Å²) in [5.41, 5.74) is 0.888.